The molecule has 3 aliphatic rings. The second-order valence-corrected chi connectivity index (χ2v) is 8.04. The molecule has 1 aromatic rings. The maximum Gasteiger partial charge on any atom is 0.417 e. The Labute approximate surface area is 145 Å². The zero-order valence-corrected chi connectivity index (χ0v) is 14.3. The van der Waals surface area contributed by atoms with Gasteiger partial charge in [-0.05, 0) is 48.8 Å². The molecule has 1 saturated heterocycles. The van der Waals surface area contributed by atoms with E-state index >= 15 is 0 Å². The van der Waals surface area contributed by atoms with Gasteiger partial charge in [-0.25, -0.2) is 0 Å². The fourth-order valence-electron chi connectivity index (χ4n) is 4.80. The van der Waals surface area contributed by atoms with Crippen LogP contribution in [0, 0.1) is 23.2 Å². The van der Waals surface area contributed by atoms with E-state index in [1.165, 1.54) is 31.0 Å². The van der Waals surface area contributed by atoms with Crippen molar-refractivity contribution in [3.8, 4) is 0 Å². The number of nitrogens with one attached hydrogen (secondary N) is 1. The van der Waals surface area contributed by atoms with Crippen LogP contribution in [-0.2, 0) is 6.18 Å². The lowest BCUT2D eigenvalue weighted by molar-refractivity contribution is -0.137. The van der Waals surface area contributed by atoms with Crippen LogP contribution < -0.4 is 5.32 Å². The third-order valence-electron chi connectivity index (χ3n) is 6.29. The van der Waals surface area contributed by atoms with Crippen LogP contribution in [0.2, 0.25) is 0 Å². The van der Waals surface area contributed by atoms with Crippen LogP contribution in [0.5, 0.6) is 0 Å². The van der Waals surface area contributed by atoms with E-state index in [1.54, 1.807) is 0 Å². The standard InChI is InChI=1S/C19H23F3N2O/c1-24-9-15-16(10-24)18(15,8-12-6-7-12)11-23-17(25)13-4-2-3-5-14(13)19(20,21)22/h2-5,12,15-16H,6-11H2,1H3,(H,23,25). The molecule has 0 radical (unpaired) electrons. The van der Waals surface area contributed by atoms with E-state index in [1.807, 2.05) is 0 Å². The summed E-state index contributed by atoms with van der Waals surface area (Å²) in [5.74, 6) is 1.30. The largest absolute Gasteiger partial charge is 0.417 e. The third kappa shape index (κ3) is 3.05. The molecular weight excluding hydrogens is 329 g/mol. The minimum atomic E-state index is -4.52. The Balaban J connectivity index is 1.47. The Morgan fingerprint density at radius 2 is 1.88 bits per heavy atom. The second-order valence-electron chi connectivity index (χ2n) is 8.04. The molecular formula is C19H23F3N2O. The third-order valence-corrected chi connectivity index (χ3v) is 6.29. The van der Waals surface area contributed by atoms with Gasteiger partial charge in [-0.3, -0.25) is 4.79 Å². The zero-order valence-electron chi connectivity index (χ0n) is 14.3. The number of alkyl halides is 3. The summed E-state index contributed by atoms with van der Waals surface area (Å²) in [6, 6.07) is 5.02. The van der Waals surface area contributed by atoms with Gasteiger partial charge in [0, 0.05) is 19.6 Å². The van der Waals surface area contributed by atoms with E-state index in [4.69, 9.17) is 0 Å². The maximum atomic E-state index is 13.1. The van der Waals surface area contributed by atoms with Crippen molar-refractivity contribution in [3.05, 3.63) is 35.4 Å². The molecule has 0 aromatic heterocycles. The van der Waals surface area contributed by atoms with Gasteiger partial charge in [0.05, 0.1) is 11.1 Å². The molecule has 2 saturated carbocycles. The summed E-state index contributed by atoms with van der Waals surface area (Å²) in [6.45, 7) is 2.57. The number of carbonyl (C=O) groups is 1. The first-order valence-corrected chi connectivity index (χ1v) is 8.94. The molecule has 1 aliphatic heterocycles. The summed E-state index contributed by atoms with van der Waals surface area (Å²) in [6.07, 6.45) is -0.903. The lowest BCUT2D eigenvalue weighted by Gasteiger charge is -2.25. The number of halogens is 3. The Morgan fingerprint density at radius 3 is 2.48 bits per heavy atom. The van der Waals surface area contributed by atoms with Crippen LogP contribution in [0.4, 0.5) is 13.2 Å². The maximum absolute atomic E-state index is 13.1. The average Bonchev–Trinajstić information content (AvgIpc) is 3.43. The first-order valence-electron chi connectivity index (χ1n) is 8.94. The van der Waals surface area contributed by atoms with Gasteiger partial charge in [0.15, 0.2) is 0 Å². The van der Waals surface area contributed by atoms with Crippen LogP contribution in [0.15, 0.2) is 24.3 Å². The van der Waals surface area contributed by atoms with Crippen LogP contribution in [0.25, 0.3) is 0 Å². The van der Waals surface area contributed by atoms with Crippen molar-refractivity contribution in [2.24, 2.45) is 23.2 Å². The number of fused-ring (bicyclic) bond motifs is 1. The molecule has 1 N–H and O–H groups in total. The van der Waals surface area contributed by atoms with E-state index in [9.17, 15) is 18.0 Å². The van der Waals surface area contributed by atoms with Crippen molar-refractivity contribution in [2.75, 3.05) is 26.7 Å². The van der Waals surface area contributed by atoms with Gasteiger partial charge in [-0.2, -0.15) is 13.2 Å². The number of amides is 1. The highest BCUT2D eigenvalue weighted by atomic mass is 19.4. The van der Waals surface area contributed by atoms with Gasteiger partial charge in [0.2, 0.25) is 0 Å². The van der Waals surface area contributed by atoms with Gasteiger partial charge in [0.25, 0.3) is 5.91 Å². The Hall–Kier alpha value is -1.56. The summed E-state index contributed by atoms with van der Waals surface area (Å²) in [5, 5.41) is 2.83. The number of benzene rings is 1. The van der Waals surface area contributed by atoms with E-state index in [0.717, 1.165) is 31.5 Å². The molecule has 1 heterocycles. The fraction of sp³-hybridized carbons (Fsp3) is 0.632. The smallest absolute Gasteiger partial charge is 0.351 e. The van der Waals surface area contributed by atoms with Crippen LogP contribution >= 0.6 is 0 Å². The second kappa shape index (κ2) is 5.73. The predicted molar refractivity (Wildman–Crippen MR) is 88.0 cm³/mol. The lowest BCUT2D eigenvalue weighted by atomic mass is 9.92. The molecule has 25 heavy (non-hydrogen) atoms. The highest BCUT2D eigenvalue weighted by molar-refractivity contribution is 5.95. The number of piperidine rings is 1. The average molecular weight is 352 g/mol. The number of hydrogen-bond acceptors (Lipinski definition) is 2. The number of likely N-dealkylation sites (tertiary alicyclic amines) is 1. The van der Waals surface area contributed by atoms with E-state index in [-0.39, 0.29) is 11.0 Å². The van der Waals surface area contributed by atoms with E-state index < -0.39 is 17.6 Å². The van der Waals surface area contributed by atoms with Gasteiger partial charge in [-0.1, -0.05) is 25.0 Å². The van der Waals surface area contributed by atoms with E-state index in [0.29, 0.717) is 18.4 Å². The van der Waals surface area contributed by atoms with Crippen LogP contribution in [0.1, 0.15) is 35.2 Å². The minimum absolute atomic E-state index is 0.108. The van der Waals surface area contributed by atoms with Gasteiger partial charge >= 0.3 is 6.18 Å². The molecule has 2 atom stereocenters. The molecule has 1 amide bonds. The Morgan fingerprint density at radius 1 is 1.24 bits per heavy atom. The molecule has 0 spiro atoms. The first kappa shape index (κ1) is 16.9. The normalized spacial score (nSPS) is 31.7. The summed E-state index contributed by atoms with van der Waals surface area (Å²) in [4.78, 5) is 14.8. The minimum Gasteiger partial charge on any atom is -0.351 e. The molecule has 2 unspecified atom stereocenters. The van der Waals surface area contributed by atoms with Crippen molar-refractivity contribution in [1.82, 2.24) is 10.2 Å². The molecule has 3 fully saturated rings. The Bertz CT molecular complexity index is 671. The molecule has 136 valence electrons. The van der Waals surface area contributed by atoms with Crippen LogP contribution in [-0.4, -0.2) is 37.5 Å². The summed E-state index contributed by atoms with van der Waals surface area (Å²) in [5.41, 5.74) is -1.03. The number of hydrogen-bond donors (Lipinski definition) is 1. The van der Waals surface area contributed by atoms with Crippen molar-refractivity contribution in [2.45, 2.75) is 25.4 Å². The van der Waals surface area contributed by atoms with Gasteiger partial charge in [-0.15, -0.1) is 0 Å². The molecule has 2 aliphatic carbocycles. The van der Waals surface area contributed by atoms with Gasteiger partial charge in [0.1, 0.15) is 0 Å². The molecule has 0 bridgehead atoms. The summed E-state index contributed by atoms with van der Waals surface area (Å²) in [7, 11) is 2.10. The number of nitrogens with zero attached hydrogens (tertiary/aromatic N) is 1. The predicted octanol–water partition coefficient (Wildman–Crippen LogP) is 3.41. The Kier molecular flexibility index (Phi) is 3.87. The highest BCUT2D eigenvalue weighted by Crippen LogP contribution is 2.66. The summed E-state index contributed by atoms with van der Waals surface area (Å²) < 4.78 is 39.4. The van der Waals surface area contributed by atoms with Crippen molar-refractivity contribution >= 4 is 5.91 Å². The van der Waals surface area contributed by atoms with Crippen LogP contribution in [0.3, 0.4) is 0 Å². The number of rotatable bonds is 5. The molecule has 4 rings (SSSR count). The molecule has 6 heteroatoms. The lowest BCUT2D eigenvalue weighted by Crippen LogP contribution is -2.36. The van der Waals surface area contributed by atoms with Crippen molar-refractivity contribution in [1.29, 1.82) is 0 Å². The first-order chi connectivity index (χ1) is 11.8. The quantitative estimate of drug-likeness (QED) is 0.881. The zero-order chi connectivity index (χ0) is 17.8. The van der Waals surface area contributed by atoms with E-state index in [2.05, 4.69) is 17.3 Å². The van der Waals surface area contributed by atoms with Crippen molar-refractivity contribution in [3.63, 3.8) is 0 Å². The SMILES string of the molecule is CN1CC2C(C1)C2(CNC(=O)c1ccccc1C(F)(F)F)CC1CC1. The molecule has 3 nitrogen and oxygen atoms in total. The monoisotopic (exact) mass is 352 g/mol. The topological polar surface area (TPSA) is 32.3 Å². The fourth-order valence-corrected chi connectivity index (χ4v) is 4.80. The highest BCUT2D eigenvalue weighted by Gasteiger charge is 2.67. The molecule has 1 aromatic carbocycles. The van der Waals surface area contributed by atoms with Gasteiger partial charge < -0.3 is 10.2 Å². The number of carbonyl (C=O) groups excluding carboxylic acids is 1. The summed E-state index contributed by atoms with van der Waals surface area (Å²) >= 11 is 0. The van der Waals surface area contributed by atoms with Crippen molar-refractivity contribution < 1.29 is 18.0 Å².